The Hall–Kier alpha value is -3.51. The van der Waals surface area contributed by atoms with Crippen molar-refractivity contribution in [2.45, 2.75) is 45.6 Å². The number of hydrogen-bond acceptors (Lipinski definition) is 5. The Morgan fingerprint density at radius 2 is 1.79 bits per heavy atom. The van der Waals surface area contributed by atoms with Crippen LogP contribution in [0.5, 0.6) is 0 Å². The maximum absolute atomic E-state index is 13.4. The van der Waals surface area contributed by atoms with E-state index in [0.717, 1.165) is 41.2 Å². The van der Waals surface area contributed by atoms with Crippen molar-refractivity contribution in [3.63, 3.8) is 0 Å². The molecule has 1 aliphatic heterocycles. The number of hydrogen-bond donors (Lipinski definition) is 1. The Balaban J connectivity index is 1.37. The second kappa shape index (κ2) is 7.50. The number of anilines is 2. The molecule has 2 aromatic carbocycles. The molecule has 1 fully saturated rings. The van der Waals surface area contributed by atoms with Gasteiger partial charge in [0, 0.05) is 36.6 Å². The molecule has 1 aliphatic carbocycles. The van der Waals surface area contributed by atoms with E-state index < -0.39 is 0 Å². The van der Waals surface area contributed by atoms with Crippen LogP contribution in [-0.4, -0.2) is 33.0 Å². The van der Waals surface area contributed by atoms with Crippen molar-refractivity contribution < 1.29 is 0 Å². The van der Waals surface area contributed by atoms with Crippen LogP contribution in [0.1, 0.15) is 40.7 Å². The summed E-state index contributed by atoms with van der Waals surface area (Å²) in [7, 11) is 2.20. The fourth-order valence-electron chi connectivity index (χ4n) is 5.67. The van der Waals surface area contributed by atoms with Gasteiger partial charge in [-0.2, -0.15) is 0 Å². The van der Waals surface area contributed by atoms with Crippen LogP contribution >= 0.6 is 0 Å². The SMILES string of the molecule is Cc1cccc(C)c1-n1cc(C)c2nc(Nc3ccc4c(c3)CN(C)CC43CC3)ncc2c1=O. The first-order valence-electron chi connectivity index (χ1n) is 11.9. The average Bonchev–Trinajstić information content (AvgIpc) is 3.56. The minimum absolute atomic E-state index is 0.101. The maximum Gasteiger partial charge on any atom is 0.266 e. The van der Waals surface area contributed by atoms with E-state index in [0.29, 0.717) is 22.3 Å². The molecule has 0 atom stereocenters. The molecule has 6 nitrogen and oxygen atoms in total. The van der Waals surface area contributed by atoms with Gasteiger partial charge in [-0.3, -0.25) is 9.36 Å². The minimum atomic E-state index is -0.101. The van der Waals surface area contributed by atoms with Gasteiger partial charge < -0.3 is 10.2 Å². The molecule has 2 aliphatic rings. The third-order valence-electron chi connectivity index (χ3n) is 7.41. The number of aryl methyl sites for hydroxylation is 3. The van der Waals surface area contributed by atoms with Crippen molar-refractivity contribution in [3.05, 3.63) is 87.0 Å². The zero-order valence-electron chi connectivity index (χ0n) is 20.1. The number of nitrogens with zero attached hydrogens (tertiary/aromatic N) is 4. The van der Waals surface area contributed by atoms with Crippen LogP contribution in [0.4, 0.5) is 11.6 Å². The van der Waals surface area contributed by atoms with Gasteiger partial charge in [0.05, 0.1) is 16.6 Å². The van der Waals surface area contributed by atoms with Crippen molar-refractivity contribution in [1.29, 1.82) is 0 Å². The number of rotatable bonds is 3. The van der Waals surface area contributed by atoms with Gasteiger partial charge in [-0.25, -0.2) is 9.97 Å². The van der Waals surface area contributed by atoms with Crippen molar-refractivity contribution in [2.24, 2.45) is 0 Å². The summed E-state index contributed by atoms with van der Waals surface area (Å²) < 4.78 is 1.73. The molecule has 0 radical (unpaired) electrons. The van der Waals surface area contributed by atoms with Crippen LogP contribution in [0.3, 0.4) is 0 Å². The van der Waals surface area contributed by atoms with Crippen LogP contribution in [0.2, 0.25) is 0 Å². The summed E-state index contributed by atoms with van der Waals surface area (Å²) in [5.74, 6) is 0.505. The molecule has 3 heterocycles. The van der Waals surface area contributed by atoms with E-state index in [1.807, 2.05) is 45.2 Å². The number of para-hydroxylation sites is 1. The maximum atomic E-state index is 13.4. The summed E-state index contributed by atoms with van der Waals surface area (Å²) in [5, 5.41) is 3.89. The third-order valence-corrected chi connectivity index (χ3v) is 7.41. The van der Waals surface area contributed by atoms with E-state index in [1.165, 1.54) is 24.0 Å². The second-order valence-electron chi connectivity index (χ2n) is 10.1. The predicted molar refractivity (Wildman–Crippen MR) is 136 cm³/mol. The molecule has 0 bridgehead atoms. The standard InChI is InChI=1S/C28H29N5O/c1-17-6-5-7-18(2)25(17)33-14-19(3)24-22(26(33)34)13-29-27(31-24)30-21-8-9-23-20(12-21)15-32(4)16-28(23)10-11-28/h5-9,12-14H,10-11,15-16H2,1-4H3,(H,29,30,31). The van der Waals surface area contributed by atoms with Crippen molar-refractivity contribution in [2.75, 3.05) is 18.9 Å². The lowest BCUT2D eigenvalue weighted by atomic mass is 9.87. The van der Waals surface area contributed by atoms with Crippen molar-refractivity contribution in [3.8, 4) is 5.69 Å². The summed E-state index contributed by atoms with van der Waals surface area (Å²) >= 11 is 0. The molecular formula is C28H29N5O. The van der Waals surface area contributed by atoms with Gasteiger partial charge in [0.2, 0.25) is 5.95 Å². The molecule has 6 heteroatoms. The van der Waals surface area contributed by atoms with Gasteiger partial charge in [0.15, 0.2) is 0 Å². The molecular weight excluding hydrogens is 422 g/mol. The molecule has 172 valence electrons. The smallest absolute Gasteiger partial charge is 0.266 e. The Kier molecular flexibility index (Phi) is 4.64. The molecule has 34 heavy (non-hydrogen) atoms. The largest absolute Gasteiger partial charge is 0.324 e. The first-order valence-corrected chi connectivity index (χ1v) is 11.9. The lowest BCUT2D eigenvalue weighted by Gasteiger charge is -2.32. The van der Waals surface area contributed by atoms with Gasteiger partial charge in [0.25, 0.3) is 5.56 Å². The summed E-state index contributed by atoms with van der Waals surface area (Å²) in [6.07, 6.45) is 6.10. The van der Waals surface area contributed by atoms with Gasteiger partial charge in [-0.1, -0.05) is 24.3 Å². The van der Waals surface area contributed by atoms with Crippen molar-refractivity contribution in [1.82, 2.24) is 19.4 Å². The van der Waals surface area contributed by atoms with Crippen LogP contribution in [-0.2, 0) is 12.0 Å². The van der Waals surface area contributed by atoms with Gasteiger partial charge >= 0.3 is 0 Å². The van der Waals surface area contributed by atoms with Crippen LogP contribution in [0, 0.1) is 20.8 Å². The summed E-state index contributed by atoms with van der Waals surface area (Å²) in [6.45, 7) is 8.16. The Morgan fingerprint density at radius 1 is 1.03 bits per heavy atom. The number of nitrogens with one attached hydrogen (secondary N) is 1. The fourth-order valence-corrected chi connectivity index (χ4v) is 5.67. The molecule has 1 spiro atoms. The monoisotopic (exact) mass is 451 g/mol. The highest BCUT2D eigenvalue weighted by Crippen LogP contribution is 2.52. The van der Waals surface area contributed by atoms with E-state index in [4.69, 9.17) is 4.98 Å². The van der Waals surface area contributed by atoms with Crippen molar-refractivity contribution >= 4 is 22.5 Å². The van der Waals surface area contributed by atoms with Gasteiger partial charge in [-0.15, -0.1) is 0 Å². The summed E-state index contributed by atoms with van der Waals surface area (Å²) in [6, 6.07) is 12.7. The van der Waals surface area contributed by atoms with E-state index in [-0.39, 0.29) is 5.56 Å². The van der Waals surface area contributed by atoms with Gasteiger partial charge in [0.1, 0.15) is 0 Å². The Morgan fingerprint density at radius 3 is 2.53 bits per heavy atom. The average molecular weight is 452 g/mol. The summed E-state index contributed by atoms with van der Waals surface area (Å²) in [5.41, 5.74) is 8.78. The molecule has 4 aromatic rings. The molecule has 2 aromatic heterocycles. The van der Waals surface area contributed by atoms with E-state index in [2.05, 4.69) is 40.4 Å². The molecule has 0 amide bonds. The second-order valence-corrected chi connectivity index (χ2v) is 10.1. The van der Waals surface area contributed by atoms with E-state index in [9.17, 15) is 4.79 Å². The normalized spacial score (nSPS) is 16.6. The third kappa shape index (κ3) is 3.32. The fraction of sp³-hybridized carbons (Fsp3) is 0.321. The number of benzene rings is 2. The van der Waals surface area contributed by atoms with E-state index >= 15 is 0 Å². The van der Waals surface area contributed by atoms with Crippen LogP contribution < -0.4 is 10.9 Å². The molecule has 1 saturated carbocycles. The zero-order chi connectivity index (χ0) is 23.6. The first-order chi connectivity index (χ1) is 16.3. The van der Waals surface area contributed by atoms with Crippen LogP contribution in [0.15, 0.2) is 53.6 Å². The lowest BCUT2D eigenvalue weighted by molar-refractivity contribution is 0.271. The lowest BCUT2D eigenvalue weighted by Crippen LogP contribution is -2.35. The molecule has 0 saturated heterocycles. The first kappa shape index (κ1) is 21.1. The van der Waals surface area contributed by atoms with Crippen LogP contribution in [0.25, 0.3) is 16.6 Å². The zero-order valence-corrected chi connectivity index (χ0v) is 20.1. The summed E-state index contributed by atoms with van der Waals surface area (Å²) in [4.78, 5) is 25.0. The number of likely N-dealkylation sites (N-methyl/N-ethyl adjacent to an activating group) is 1. The number of pyridine rings is 1. The highest BCUT2D eigenvalue weighted by Gasteiger charge is 2.48. The highest BCUT2D eigenvalue weighted by atomic mass is 16.1. The van der Waals surface area contributed by atoms with E-state index in [1.54, 1.807) is 10.8 Å². The molecule has 6 rings (SSSR count). The Bertz CT molecular complexity index is 1500. The topological polar surface area (TPSA) is 63.1 Å². The van der Waals surface area contributed by atoms with Gasteiger partial charge in [-0.05, 0) is 80.6 Å². The minimum Gasteiger partial charge on any atom is -0.324 e. The number of aromatic nitrogens is 3. The highest BCUT2D eigenvalue weighted by molar-refractivity contribution is 5.81. The molecule has 0 unspecified atom stereocenters. The molecule has 1 N–H and O–H groups in total. The Labute approximate surface area is 199 Å². The quantitative estimate of drug-likeness (QED) is 0.479. The number of fused-ring (bicyclic) bond motifs is 3. The predicted octanol–water partition coefficient (Wildman–Crippen LogP) is 4.93.